The van der Waals surface area contributed by atoms with Crippen molar-refractivity contribution in [2.24, 2.45) is 0 Å². The maximum atomic E-state index is 12.6. The molecule has 1 amide bonds. The number of piperidine rings is 1. The van der Waals surface area contributed by atoms with Gasteiger partial charge >= 0.3 is 6.18 Å². The molecule has 0 aromatic rings. The summed E-state index contributed by atoms with van der Waals surface area (Å²) in [5, 5.41) is 3.08. The van der Waals surface area contributed by atoms with Gasteiger partial charge in [0.15, 0.2) is 0 Å². The van der Waals surface area contributed by atoms with Crippen LogP contribution in [0.15, 0.2) is 0 Å². The molecule has 19 heavy (non-hydrogen) atoms. The Labute approximate surface area is 112 Å². The van der Waals surface area contributed by atoms with Crippen molar-refractivity contribution in [2.45, 2.75) is 57.7 Å². The third-order valence-corrected chi connectivity index (χ3v) is 3.53. The lowest BCUT2D eigenvalue weighted by Crippen LogP contribution is -2.59. The van der Waals surface area contributed by atoms with Crippen LogP contribution in [-0.2, 0) is 4.79 Å². The van der Waals surface area contributed by atoms with Crippen molar-refractivity contribution >= 4 is 5.91 Å². The molecule has 3 nitrogen and oxygen atoms in total. The number of carbonyl (C=O) groups excluding carboxylic acids is 1. The summed E-state index contributed by atoms with van der Waals surface area (Å²) < 4.78 is 37.7. The number of halogens is 3. The van der Waals surface area contributed by atoms with Crippen LogP contribution in [0.4, 0.5) is 13.2 Å². The molecule has 1 unspecified atom stereocenters. The Kier molecular flexibility index (Phi) is 5.64. The van der Waals surface area contributed by atoms with E-state index in [-0.39, 0.29) is 6.54 Å². The Hall–Kier alpha value is -0.780. The van der Waals surface area contributed by atoms with Gasteiger partial charge in [-0.25, -0.2) is 0 Å². The number of nitrogens with zero attached hydrogens (tertiary/aromatic N) is 1. The average molecular weight is 280 g/mol. The molecule has 1 saturated heterocycles. The second-order valence-corrected chi connectivity index (χ2v) is 5.41. The fourth-order valence-electron chi connectivity index (χ4n) is 2.41. The number of carbonyl (C=O) groups is 1. The van der Waals surface area contributed by atoms with Crippen LogP contribution in [0.5, 0.6) is 0 Å². The van der Waals surface area contributed by atoms with Crippen molar-refractivity contribution in [3.05, 3.63) is 0 Å². The molecule has 1 aliphatic heterocycles. The Morgan fingerprint density at radius 2 is 2.05 bits per heavy atom. The van der Waals surface area contributed by atoms with Gasteiger partial charge in [0.25, 0.3) is 0 Å². The van der Waals surface area contributed by atoms with E-state index >= 15 is 0 Å². The highest BCUT2D eigenvalue weighted by Crippen LogP contribution is 2.24. The molecule has 112 valence electrons. The van der Waals surface area contributed by atoms with E-state index in [1.165, 1.54) is 0 Å². The van der Waals surface area contributed by atoms with Gasteiger partial charge in [0.1, 0.15) is 6.54 Å². The minimum atomic E-state index is -4.34. The van der Waals surface area contributed by atoms with E-state index in [9.17, 15) is 18.0 Å². The molecule has 1 N–H and O–H groups in total. The maximum Gasteiger partial charge on any atom is 0.406 e. The summed E-state index contributed by atoms with van der Waals surface area (Å²) in [5.41, 5.74) is -0.836. The Morgan fingerprint density at radius 1 is 1.37 bits per heavy atom. The fourth-order valence-corrected chi connectivity index (χ4v) is 2.41. The van der Waals surface area contributed by atoms with Crippen molar-refractivity contribution < 1.29 is 18.0 Å². The number of amides is 1. The van der Waals surface area contributed by atoms with Crippen LogP contribution in [0.3, 0.4) is 0 Å². The normalized spacial score (nSPS) is 24.3. The topological polar surface area (TPSA) is 32.3 Å². The minimum absolute atomic E-state index is 0.173. The number of hydrogen-bond acceptors (Lipinski definition) is 2. The van der Waals surface area contributed by atoms with Crippen LogP contribution in [0.25, 0.3) is 0 Å². The van der Waals surface area contributed by atoms with Crippen molar-refractivity contribution in [1.29, 1.82) is 0 Å². The number of rotatable bonds is 5. The van der Waals surface area contributed by atoms with E-state index in [1.807, 2.05) is 6.92 Å². The molecular formula is C13H23F3N2O. The molecule has 0 bridgehead atoms. The van der Waals surface area contributed by atoms with Crippen LogP contribution in [0.1, 0.15) is 46.0 Å². The summed E-state index contributed by atoms with van der Waals surface area (Å²) in [7, 11) is 0. The van der Waals surface area contributed by atoms with E-state index in [0.717, 1.165) is 24.2 Å². The molecule has 0 saturated carbocycles. The molecule has 1 heterocycles. The molecule has 0 aliphatic carbocycles. The molecule has 1 fully saturated rings. The molecule has 1 aliphatic rings. The van der Waals surface area contributed by atoms with E-state index in [0.29, 0.717) is 19.4 Å². The second-order valence-electron chi connectivity index (χ2n) is 5.41. The molecule has 1 rings (SSSR count). The van der Waals surface area contributed by atoms with Gasteiger partial charge in [-0.15, -0.1) is 0 Å². The van der Waals surface area contributed by atoms with Crippen LogP contribution in [0.2, 0.25) is 0 Å². The highest BCUT2D eigenvalue weighted by atomic mass is 19.4. The molecule has 0 radical (unpaired) electrons. The molecule has 6 heteroatoms. The first-order chi connectivity index (χ1) is 8.78. The first-order valence-corrected chi connectivity index (χ1v) is 6.89. The molecular weight excluding hydrogens is 257 g/mol. The average Bonchev–Trinajstić information content (AvgIpc) is 2.33. The van der Waals surface area contributed by atoms with Crippen LogP contribution >= 0.6 is 0 Å². The molecule has 0 spiro atoms. The largest absolute Gasteiger partial charge is 0.406 e. The van der Waals surface area contributed by atoms with Crippen LogP contribution < -0.4 is 5.32 Å². The first kappa shape index (κ1) is 16.3. The maximum absolute atomic E-state index is 12.6. The quantitative estimate of drug-likeness (QED) is 0.840. The summed E-state index contributed by atoms with van der Waals surface area (Å²) >= 11 is 0. The van der Waals surface area contributed by atoms with E-state index in [2.05, 4.69) is 5.32 Å². The lowest BCUT2D eigenvalue weighted by atomic mass is 9.89. The van der Waals surface area contributed by atoms with E-state index in [4.69, 9.17) is 0 Å². The molecule has 1 atom stereocenters. The summed E-state index contributed by atoms with van der Waals surface area (Å²) in [6, 6.07) is 0. The van der Waals surface area contributed by atoms with Gasteiger partial charge in [-0.1, -0.05) is 13.3 Å². The number of unbranched alkanes of at least 4 members (excludes halogenated alkanes) is 1. The zero-order valence-electron chi connectivity index (χ0n) is 11.6. The Bertz CT molecular complexity index is 299. The number of hydrogen-bond donors (Lipinski definition) is 1. The second kappa shape index (κ2) is 6.59. The van der Waals surface area contributed by atoms with Gasteiger partial charge in [0, 0.05) is 6.54 Å². The van der Waals surface area contributed by atoms with Crippen LogP contribution in [-0.4, -0.2) is 42.2 Å². The zero-order chi connectivity index (χ0) is 14.5. The predicted molar refractivity (Wildman–Crippen MR) is 67.8 cm³/mol. The highest BCUT2D eigenvalue weighted by molar-refractivity contribution is 5.86. The van der Waals surface area contributed by atoms with E-state index < -0.39 is 24.2 Å². The third-order valence-electron chi connectivity index (χ3n) is 3.53. The van der Waals surface area contributed by atoms with Crippen molar-refractivity contribution in [3.8, 4) is 0 Å². The van der Waals surface area contributed by atoms with Crippen molar-refractivity contribution in [2.75, 3.05) is 19.6 Å². The third kappa shape index (κ3) is 5.01. The molecule has 0 aromatic heterocycles. The fraction of sp³-hybridized carbons (Fsp3) is 0.923. The Morgan fingerprint density at radius 3 is 2.53 bits per heavy atom. The van der Waals surface area contributed by atoms with Gasteiger partial charge in [-0.3, -0.25) is 4.79 Å². The Balaban J connectivity index is 2.74. The summed E-state index contributed by atoms with van der Waals surface area (Å²) in [6.45, 7) is 3.33. The van der Waals surface area contributed by atoms with Gasteiger partial charge in [0.2, 0.25) is 5.91 Å². The van der Waals surface area contributed by atoms with Crippen LogP contribution in [0, 0.1) is 0 Å². The smallest absolute Gasteiger partial charge is 0.332 e. The van der Waals surface area contributed by atoms with E-state index in [1.54, 1.807) is 6.92 Å². The monoisotopic (exact) mass is 280 g/mol. The number of nitrogens with one attached hydrogen (secondary N) is 1. The minimum Gasteiger partial charge on any atom is -0.332 e. The predicted octanol–water partition coefficient (Wildman–Crippen LogP) is 2.71. The summed E-state index contributed by atoms with van der Waals surface area (Å²) in [5.74, 6) is -0.419. The number of alkyl halides is 3. The standard InChI is InChI=1S/C13H23F3N2O/c1-3-4-9-18(10-13(14,15)16)11(19)12(2)7-5-6-8-17-12/h17H,3-10H2,1-2H3. The van der Waals surface area contributed by atoms with Gasteiger partial charge in [-0.2, -0.15) is 13.2 Å². The summed E-state index contributed by atoms with van der Waals surface area (Å²) in [6.07, 6.45) is -0.523. The van der Waals surface area contributed by atoms with Crippen molar-refractivity contribution in [1.82, 2.24) is 10.2 Å². The molecule has 0 aromatic carbocycles. The summed E-state index contributed by atoms with van der Waals surface area (Å²) in [4.78, 5) is 13.3. The zero-order valence-corrected chi connectivity index (χ0v) is 11.6. The highest BCUT2D eigenvalue weighted by Gasteiger charge is 2.41. The van der Waals surface area contributed by atoms with Gasteiger partial charge in [0.05, 0.1) is 5.54 Å². The van der Waals surface area contributed by atoms with Crippen molar-refractivity contribution in [3.63, 3.8) is 0 Å². The van der Waals surface area contributed by atoms with Gasteiger partial charge < -0.3 is 10.2 Å². The first-order valence-electron chi connectivity index (χ1n) is 6.89. The van der Waals surface area contributed by atoms with Gasteiger partial charge in [-0.05, 0) is 39.2 Å². The lowest BCUT2D eigenvalue weighted by Gasteiger charge is -2.38. The SMILES string of the molecule is CCCCN(CC(F)(F)F)C(=O)C1(C)CCCCN1. The lowest BCUT2D eigenvalue weighted by molar-refractivity contribution is -0.165.